The van der Waals surface area contributed by atoms with E-state index in [9.17, 15) is 0 Å². The summed E-state index contributed by atoms with van der Waals surface area (Å²) < 4.78 is 4.78. The molecule has 0 bridgehead atoms. The molecule has 0 radical (unpaired) electrons. The van der Waals surface area contributed by atoms with Crippen LogP contribution in [0.2, 0.25) is 0 Å². The molecule has 3 rings (SSSR count). The average molecular weight is 232 g/mol. The number of anilines is 2. The van der Waals surface area contributed by atoms with Gasteiger partial charge < -0.3 is 10.6 Å². The second-order valence-electron chi connectivity index (χ2n) is 4.81. The van der Waals surface area contributed by atoms with E-state index in [0.717, 1.165) is 23.7 Å². The van der Waals surface area contributed by atoms with E-state index in [1.54, 1.807) is 0 Å². The first-order valence-corrected chi connectivity index (χ1v) is 5.97. The first kappa shape index (κ1) is 10.4. The minimum atomic E-state index is 0.613. The first-order valence-electron chi connectivity index (χ1n) is 5.97. The number of rotatable bonds is 3. The van der Waals surface area contributed by atoms with Crippen LogP contribution in [0, 0.1) is 5.92 Å². The molecule has 1 heterocycles. The minimum absolute atomic E-state index is 0.613. The zero-order chi connectivity index (χ0) is 11.8. The molecule has 1 aromatic heterocycles. The zero-order valence-electron chi connectivity index (χ0n) is 9.89. The molecule has 1 aliphatic rings. The standard InChI is InChI=1S/C12H16N4O/c1-16(7-8-3-2-4-8)10-6-5-9(13)11-12(10)15-17-14-11/h5-6,8H,2-4,7,13H2,1H3. The van der Waals surface area contributed by atoms with Gasteiger partial charge in [0, 0.05) is 13.6 Å². The van der Waals surface area contributed by atoms with Gasteiger partial charge in [-0.15, -0.1) is 0 Å². The normalized spacial score (nSPS) is 16.1. The molecule has 1 aromatic carbocycles. The number of benzene rings is 1. The second kappa shape index (κ2) is 3.91. The lowest BCUT2D eigenvalue weighted by molar-refractivity contribution is 0.314. The lowest BCUT2D eigenvalue weighted by atomic mass is 9.85. The minimum Gasteiger partial charge on any atom is -0.397 e. The lowest BCUT2D eigenvalue weighted by Gasteiger charge is -2.31. The highest BCUT2D eigenvalue weighted by Crippen LogP contribution is 2.31. The Balaban J connectivity index is 1.93. The van der Waals surface area contributed by atoms with Crippen molar-refractivity contribution in [2.45, 2.75) is 19.3 Å². The van der Waals surface area contributed by atoms with Crippen LogP contribution in [0.4, 0.5) is 11.4 Å². The van der Waals surface area contributed by atoms with Crippen molar-refractivity contribution in [3.63, 3.8) is 0 Å². The Morgan fingerprint density at radius 1 is 1.35 bits per heavy atom. The van der Waals surface area contributed by atoms with Crippen molar-refractivity contribution in [2.24, 2.45) is 5.92 Å². The van der Waals surface area contributed by atoms with Crippen LogP contribution < -0.4 is 10.6 Å². The number of hydrogen-bond acceptors (Lipinski definition) is 5. The van der Waals surface area contributed by atoms with Crippen molar-refractivity contribution < 1.29 is 4.63 Å². The van der Waals surface area contributed by atoms with Gasteiger partial charge in [0.05, 0.1) is 11.4 Å². The third-order valence-electron chi connectivity index (χ3n) is 3.59. The second-order valence-corrected chi connectivity index (χ2v) is 4.81. The molecule has 5 nitrogen and oxygen atoms in total. The molecule has 2 aromatic rings. The summed E-state index contributed by atoms with van der Waals surface area (Å²) in [6.07, 6.45) is 4.03. The Morgan fingerprint density at radius 3 is 2.82 bits per heavy atom. The van der Waals surface area contributed by atoms with E-state index in [4.69, 9.17) is 10.4 Å². The fourth-order valence-electron chi connectivity index (χ4n) is 2.34. The molecule has 0 spiro atoms. The fourth-order valence-corrected chi connectivity index (χ4v) is 2.34. The van der Waals surface area contributed by atoms with Gasteiger partial charge in [-0.25, -0.2) is 4.63 Å². The van der Waals surface area contributed by atoms with Gasteiger partial charge in [0.2, 0.25) is 0 Å². The molecular weight excluding hydrogens is 216 g/mol. The van der Waals surface area contributed by atoms with Gasteiger partial charge in [-0.3, -0.25) is 0 Å². The van der Waals surface area contributed by atoms with Crippen molar-refractivity contribution in [3.05, 3.63) is 12.1 Å². The topological polar surface area (TPSA) is 68.2 Å². The van der Waals surface area contributed by atoms with Gasteiger partial charge in [0.1, 0.15) is 0 Å². The van der Waals surface area contributed by atoms with E-state index in [2.05, 4.69) is 22.3 Å². The quantitative estimate of drug-likeness (QED) is 0.820. The number of nitrogens with two attached hydrogens (primary N) is 1. The van der Waals surface area contributed by atoms with Gasteiger partial charge in [-0.2, -0.15) is 0 Å². The van der Waals surface area contributed by atoms with Crippen molar-refractivity contribution in [1.82, 2.24) is 10.3 Å². The number of hydrogen-bond donors (Lipinski definition) is 1. The van der Waals surface area contributed by atoms with E-state index >= 15 is 0 Å². The molecule has 90 valence electrons. The summed E-state index contributed by atoms with van der Waals surface area (Å²) in [5, 5.41) is 7.78. The molecule has 17 heavy (non-hydrogen) atoms. The van der Waals surface area contributed by atoms with Gasteiger partial charge in [-0.1, -0.05) is 6.42 Å². The molecule has 2 N–H and O–H groups in total. The Hall–Kier alpha value is -1.78. The summed E-state index contributed by atoms with van der Waals surface area (Å²) in [6, 6.07) is 3.85. The third kappa shape index (κ3) is 1.71. The Morgan fingerprint density at radius 2 is 2.12 bits per heavy atom. The Bertz CT molecular complexity index is 532. The molecule has 1 fully saturated rings. The van der Waals surface area contributed by atoms with Crippen molar-refractivity contribution in [3.8, 4) is 0 Å². The molecule has 0 saturated heterocycles. The van der Waals surface area contributed by atoms with E-state index < -0.39 is 0 Å². The highest BCUT2D eigenvalue weighted by atomic mass is 16.6. The van der Waals surface area contributed by atoms with Crippen molar-refractivity contribution >= 4 is 22.4 Å². The monoisotopic (exact) mass is 232 g/mol. The molecule has 0 unspecified atom stereocenters. The van der Waals surface area contributed by atoms with E-state index in [0.29, 0.717) is 11.2 Å². The van der Waals surface area contributed by atoms with Crippen LogP contribution in [-0.2, 0) is 0 Å². The highest BCUT2D eigenvalue weighted by Gasteiger charge is 2.21. The number of nitrogens with zero attached hydrogens (tertiary/aromatic N) is 3. The van der Waals surface area contributed by atoms with Crippen LogP contribution in [0.1, 0.15) is 19.3 Å². The smallest absolute Gasteiger partial charge is 0.160 e. The fraction of sp³-hybridized carbons (Fsp3) is 0.500. The largest absolute Gasteiger partial charge is 0.397 e. The van der Waals surface area contributed by atoms with Crippen LogP contribution in [-0.4, -0.2) is 23.9 Å². The van der Waals surface area contributed by atoms with Crippen molar-refractivity contribution in [1.29, 1.82) is 0 Å². The zero-order valence-corrected chi connectivity index (χ0v) is 9.89. The highest BCUT2D eigenvalue weighted by molar-refractivity contribution is 5.95. The average Bonchev–Trinajstić information content (AvgIpc) is 2.73. The summed E-state index contributed by atoms with van der Waals surface area (Å²) in [5.41, 5.74) is 8.90. The van der Waals surface area contributed by atoms with E-state index in [1.165, 1.54) is 19.3 Å². The molecule has 0 aliphatic heterocycles. The van der Waals surface area contributed by atoms with Gasteiger partial charge >= 0.3 is 0 Å². The van der Waals surface area contributed by atoms with E-state index in [1.807, 2.05) is 12.1 Å². The molecular formula is C12H16N4O. The molecule has 0 atom stereocenters. The predicted octanol–water partition coefficient (Wildman–Crippen LogP) is 2.04. The van der Waals surface area contributed by atoms with Gasteiger partial charge in [0.25, 0.3) is 0 Å². The van der Waals surface area contributed by atoms with Crippen LogP contribution >= 0.6 is 0 Å². The molecule has 1 saturated carbocycles. The molecule has 5 heteroatoms. The van der Waals surface area contributed by atoms with Gasteiger partial charge in [-0.05, 0) is 41.2 Å². The summed E-state index contributed by atoms with van der Waals surface area (Å²) in [5.74, 6) is 0.812. The van der Waals surface area contributed by atoms with Crippen LogP contribution in [0.5, 0.6) is 0 Å². The van der Waals surface area contributed by atoms with Gasteiger partial charge in [0.15, 0.2) is 11.0 Å². The Labute approximate surface area is 99.5 Å². The van der Waals surface area contributed by atoms with Crippen LogP contribution in [0.15, 0.2) is 16.8 Å². The number of fused-ring (bicyclic) bond motifs is 1. The molecule has 0 amide bonds. The van der Waals surface area contributed by atoms with Crippen LogP contribution in [0.3, 0.4) is 0 Å². The van der Waals surface area contributed by atoms with Crippen LogP contribution in [0.25, 0.3) is 11.0 Å². The SMILES string of the molecule is CN(CC1CCC1)c1ccc(N)c2nonc12. The summed E-state index contributed by atoms with van der Waals surface area (Å²) >= 11 is 0. The maximum absolute atomic E-state index is 5.83. The summed E-state index contributed by atoms with van der Waals surface area (Å²) in [7, 11) is 2.08. The van der Waals surface area contributed by atoms with E-state index in [-0.39, 0.29) is 0 Å². The maximum atomic E-state index is 5.83. The number of nitrogen functional groups attached to an aromatic ring is 1. The lowest BCUT2D eigenvalue weighted by Crippen LogP contribution is -2.29. The molecule has 1 aliphatic carbocycles. The summed E-state index contributed by atoms with van der Waals surface area (Å²) in [4.78, 5) is 2.22. The first-order chi connectivity index (χ1) is 8.25. The maximum Gasteiger partial charge on any atom is 0.160 e. The Kier molecular flexibility index (Phi) is 2.39. The summed E-state index contributed by atoms with van der Waals surface area (Å²) in [6.45, 7) is 1.06. The van der Waals surface area contributed by atoms with Crippen molar-refractivity contribution in [2.75, 3.05) is 24.2 Å². The number of aromatic nitrogens is 2. The predicted molar refractivity (Wildman–Crippen MR) is 66.8 cm³/mol. The third-order valence-corrected chi connectivity index (χ3v) is 3.59.